The summed E-state index contributed by atoms with van der Waals surface area (Å²) in [5, 5.41) is 2.94. The molecule has 0 radical (unpaired) electrons. The number of rotatable bonds is 6. The second-order valence-corrected chi connectivity index (χ2v) is 8.74. The third kappa shape index (κ3) is 3.11. The van der Waals surface area contributed by atoms with Crippen LogP contribution in [-0.4, -0.2) is 25.4 Å². The Labute approximate surface area is 129 Å². The Morgan fingerprint density at radius 1 is 1.48 bits per heavy atom. The molecule has 2 aliphatic carbocycles. The first-order valence-electron chi connectivity index (χ1n) is 7.29. The average Bonchev–Trinajstić information content (AvgIpc) is 3.34. The maximum Gasteiger partial charge on any atom is 0.267 e. The van der Waals surface area contributed by atoms with Gasteiger partial charge in [0.2, 0.25) is 0 Å². The van der Waals surface area contributed by atoms with E-state index in [0.717, 1.165) is 32.1 Å². The Morgan fingerprint density at radius 3 is 2.62 bits per heavy atom. The Bertz CT molecular complexity index is 672. The third-order valence-corrected chi connectivity index (χ3v) is 5.93. The van der Waals surface area contributed by atoms with Crippen LogP contribution in [-0.2, 0) is 9.05 Å². The summed E-state index contributed by atoms with van der Waals surface area (Å²) < 4.78 is 24.7. The molecular weight excluding hydrogens is 312 g/mol. The summed E-state index contributed by atoms with van der Waals surface area (Å²) in [4.78, 5) is 12.4. The highest BCUT2D eigenvalue weighted by molar-refractivity contribution is 8.13. The van der Waals surface area contributed by atoms with Gasteiger partial charge >= 0.3 is 0 Å². The number of amides is 1. The molecule has 1 heterocycles. The first-order valence-corrected chi connectivity index (χ1v) is 9.60. The summed E-state index contributed by atoms with van der Waals surface area (Å²) in [7, 11) is 1.57. The molecular formula is C14H19ClN2O3S. The van der Waals surface area contributed by atoms with E-state index in [0.29, 0.717) is 12.2 Å². The van der Waals surface area contributed by atoms with Gasteiger partial charge in [0.15, 0.2) is 0 Å². The van der Waals surface area contributed by atoms with Gasteiger partial charge in [0.05, 0.1) is 0 Å². The number of hydrogen-bond acceptors (Lipinski definition) is 3. The number of hydrogen-bond donors (Lipinski definition) is 1. The Morgan fingerprint density at radius 2 is 2.14 bits per heavy atom. The summed E-state index contributed by atoms with van der Waals surface area (Å²) in [5.41, 5.74) is 0.650. The van der Waals surface area contributed by atoms with Crippen LogP contribution in [0.25, 0.3) is 0 Å². The average molecular weight is 331 g/mol. The Hall–Kier alpha value is -1.01. The lowest BCUT2D eigenvalue weighted by atomic mass is 10.0. The normalized spacial score (nSPS) is 20.3. The fourth-order valence-corrected chi connectivity index (χ4v) is 3.36. The minimum atomic E-state index is -3.81. The van der Waals surface area contributed by atoms with E-state index in [1.54, 1.807) is 4.57 Å². The van der Waals surface area contributed by atoms with Crippen molar-refractivity contribution in [2.75, 3.05) is 6.54 Å². The van der Waals surface area contributed by atoms with Crippen molar-refractivity contribution in [1.29, 1.82) is 0 Å². The van der Waals surface area contributed by atoms with Crippen LogP contribution >= 0.6 is 10.7 Å². The summed E-state index contributed by atoms with van der Waals surface area (Å²) in [5.74, 6) is -0.215. The van der Waals surface area contributed by atoms with Gasteiger partial charge < -0.3 is 9.88 Å². The van der Waals surface area contributed by atoms with E-state index >= 15 is 0 Å². The second kappa shape index (κ2) is 5.02. The van der Waals surface area contributed by atoms with Crippen LogP contribution in [0.15, 0.2) is 17.2 Å². The van der Waals surface area contributed by atoms with Crippen molar-refractivity contribution in [1.82, 2.24) is 9.88 Å². The molecule has 1 aromatic rings. The molecule has 1 amide bonds. The van der Waals surface area contributed by atoms with E-state index in [4.69, 9.17) is 10.7 Å². The predicted octanol–water partition coefficient (Wildman–Crippen LogP) is 2.67. The van der Waals surface area contributed by atoms with Crippen molar-refractivity contribution in [3.63, 3.8) is 0 Å². The molecule has 2 saturated carbocycles. The maximum atomic E-state index is 12.4. The molecule has 0 aliphatic heterocycles. The zero-order chi connectivity index (χ0) is 15.3. The van der Waals surface area contributed by atoms with E-state index in [-0.39, 0.29) is 22.3 Å². The summed E-state index contributed by atoms with van der Waals surface area (Å²) >= 11 is 0. The van der Waals surface area contributed by atoms with Gasteiger partial charge in [-0.15, -0.1) is 0 Å². The highest BCUT2D eigenvalue weighted by Crippen LogP contribution is 2.48. The van der Waals surface area contributed by atoms with Gasteiger partial charge in [-0.05, 0) is 43.6 Å². The number of nitrogens with one attached hydrogen (secondary N) is 1. The summed E-state index contributed by atoms with van der Waals surface area (Å²) in [6, 6.07) is 1.60. The van der Waals surface area contributed by atoms with Crippen LogP contribution in [0.1, 0.15) is 55.6 Å². The molecule has 0 saturated heterocycles. The number of carbonyl (C=O) groups excluding carboxylic acids is 1. The van der Waals surface area contributed by atoms with E-state index in [2.05, 4.69) is 12.2 Å². The van der Waals surface area contributed by atoms with Crippen LogP contribution in [0.2, 0.25) is 0 Å². The summed E-state index contributed by atoms with van der Waals surface area (Å²) in [6.45, 7) is 2.78. The van der Waals surface area contributed by atoms with Crippen LogP contribution in [0, 0.1) is 5.41 Å². The lowest BCUT2D eigenvalue weighted by molar-refractivity contribution is 0.0935. The molecule has 1 aromatic heterocycles. The van der Waals surface area contributed by atoms with Crippen LogP contribution in [0.4, 0.5) is 0 Å². The lowest BCUT2D eigenvalue weighted by Crippen LogP contribution is -2.31. The van der Waals surface area contributed by atoms with Crippen molar-refractivity contribution in [3.05, 3.63) is 18.0 Å². The molecule has 2 fully saturated rings. The van der Waals surface area contributed by atoms with E-state index in [1.165, 1.54) is 12.3 Å². The predicted molar refractivity (Wildman–Crippen MR) is 80.0 cm³/mol. The molecule has 116 valence electrons. The molecule has 1 N–H and O–H groups in total. The monoisotopic (exact) mass is 330 g/mol. The van der Waals surface area contributed by atoms with E-state index in [1.807, 2.05) is 0 Å². The smallest absolute Gasteiger partial charge is 0.267 e. The van der Waals surface area contributed by atoms with Gasteiger partial charge in [0.1, 0.15) is 10.6 Å². The molecule has 3 rings (SSSR count). The highest BCUT2D eigenvalue weighted by atomic mass is 35.7. The van der Waals surface area contributed by atoms with Gasteiger partial charge in [-0.2, -0.15) is 0 Å². The Kier molecular flexibility index (Phi) is 3.56. The third-order valence-electron chi connectivity index (χ3n) is 4.61. The lowest BCUT2D eigenvalue weighted by Gasteiger charge is -2.14. The molecule has 0 aromatic carbocycles. The quantitative estimate of drug-likeness (QED) is 0.815. The standard InChI is InChI=1S/C14H19ClN2O3S/c1-2-14(5-6-14)9-16-13(18)12-7-11(21(15,19)20)8-17(12)10-3-4-10/h7-8,10H,2-6,9H2,1H3,(H,16,18). The first-order chi connectivity index (χ1) is 9.85. The highest BCUT2D eigenvalue weighted by Gasteiger charge is 2.41. The van der Waals surface area contributed by atoms with Crippen molar-refractivity contribution in [2.45, 2.75) is 50.0 Å². The first kappa shape index (κ1) is 14.9. The molecule has 0 atom stereocenters. The molecule has 2 aliphatic rings. The van der Waals surface area contributed by atoms with Crippen molar-refractivity contribution < 1.29 is 13.2 Å². The molecule has 0 bridgehead atoms. The number of nitrogens with zero attached hydrogens (tertiary/aromatic N) is 1. The van der Waals surface area contributed by atoms with Crippen LogP contribution in [0.3, 0.4) is 0 Å². The molecule has 5 nitrogen and oxygen atoms in total. The van der Waals surface area contributed by atoms with Crippen LogP contribution < -0.4 is 5.32 Å². The Balaban J connectivity index is 1.80. The zero-order valence-electron chi connectivity index (χ0n) is 11.9. The van der Waals surface area contributed by atoms with E-state index < -0.39 is 9.05 Å². The fourth-order valence-electron chi connectivity index (χ4n) is 2.61. The fraction of sp³-hybridized carbons (Fsp3) is 0.643. The second-order valence-electron chi connectivity index (χ2n) is 6.17. The summed E-state index contributed by atoms with van der Waals surface area (Å²) in [6.07, 6.45) is 6.76. The maximum absolute atomic E-state index is 12.4. The van der Waals surface area contributed by atoms with Crippen molar-refractivity contribution >= 4 is 25.6 Å². The molecule has 0 spiro atoms. The van der Waals surface area contributed by atoms with Gasteiger partial charge in [0, 0.05) is 29.5 Å². The SMILES string of the molecule is CCC1(CNC(=O)c2cc(S(=O)(=O)Cl)cn2C2CC2)CC1. The largest absolute Gasteiger partial charge is 0.350 e. The number of aromatic nitrogens is 1. The van der Waals surface area contributed by atoms with Gasteiger partial charge in [-0.1, -0.05) is 6.92 Å². The minimum absolute atomic E-state index is 0.00200. The topological polar surface area (TPSA) is 68.2 Å². The van der Waals surface area contributed by atoms with E-state index in [9.17, 15) is 13.2 Å². The minimum Gasteiger partial charge on any atom is -0.350 e. The molecule has 21 heavy (non-hydrogen) atoms. The van der Waals surface area contributed by atoms with Crippen molar-refractivity contribution in [2.24, 2.45) is 5.41 Å². The number of halogens is 1. The van der Waals surface area contributed by atoms with Gasteiger partial charge in [-0.25, -0.2) is 8.42 Å². The van der Waals surface area contributed by atoms with Gasteiger partial charge in [-0.3, -0.25) is 4.79 Å². The number of carbonyl (C=O) groups is 1. The zero-order valence-corrected chi connectivity index (χ0v) is 13.5. The van der Waals surface area contributed by atoms with Gasteiger partial charge in [0.25, 0.3) is 15.0 Å². The van der Waals surface area contributed by atoms with Crippen LogP contribution in [0.5, 0.6) is 0 Å². The van der Waals surface area contributed by atoms with Crippen molar-refractivity contribution in [3.8, 4) is 0 Å². The molecule has 7 heteroatoms. The molecule has 0 unspecified atom stereocenters.